The van der Waals surface area contributed by atoms with Crippen LogP contribution in [0.25, 0.3) is 0 Å². The van der Waals surface area contributed by atoms with Crippen molar-refractivity contribution >= 4 is 38.5 Å². The van der Waals surface area contributed by atoms with Crippen molar-refractivity contribution in [3.8, 4) is 0 Å². The molecule has 0 heterocycles. The van der Waals surface area contributed by atoms with Crippen molar-refractivity contribution in [1.29, 1.82) is 0 Å². The number of nitrogens with two attached hydrogens (primary N) is 1. The molecule has 0 aromatic heterocycles. The first-order valence-electron chi connectivity index (χ1n) is 3.11. The van der Waals surface area contributed by atoms with Crippen LogP contribution in [0, 0.1) is 0 Å². The fraction of sp³-hybridized carbons (Fsp3) is 0. The summed E-state index contributed by atoms with van der Waals surface area (Å²) in [6.45, 7) is 0. The molecule has 3 N–H and O–H groups in total. The molecule has 0 bridgehead atoms. The summed E-state index contributed by atoms with van der Waals surface area (Å²) in [5.41, 5.74) is 3.25. The number of hydrogen-bond acceptors (Lipinski definition) is 3. The van der Waals surface area contributed by atoms with E-state index in [-0.39, 0.29) is 0 Å². The average molecular weight is 249 g/mol. The highest BCUT2D eigenvalue weighted by molar-refractivity contribution is 9.10. The predicted molar refractivity (Wildman–Crippen MR) is 52.1 cm³/mol. The summed E-state index contributed by atoms with van der Waals surface area (Å²) in [7, 11) is 0. The van der Waals surface area contributed by atoms with Crippen molar-refractivity contribution in [1.82, 2.24) is 0 Å². The molecule has 0 aliphatic heterocycles. The van der Waals surface area contributed by atoms with Crippen LogP contribution < -0.4 is 11.3 Å². The Kier molecular flexibility index (Phi) is 3.08. The van der Waals surface area contributed by atoms with Gasteiger partial charge in [-0.05, 0) is 29.8 Å². The summed E-state index contributed by atoms with van der Waals surface area (Å²) in [6.07, 6.45) is 0. The zero-order valence-corrected chi connectivity index (χ0v) is 8.32. The lowest BCUT2D eigenvalue weighted by Crippen LogP contribution is -2.10. The van der Waals surface area contributed by atoms with E-state index in [1.54, 1.807) is 18.2 Å². The molecule has 1 aromatic rings. The summed E-state index contributed by atoms with van der Waals surface area (Å²) >= 11 is 8.53. The third-order valence-corrected chi connectivity index (χ3v) is 2.05. The summed E-state index contributed by atoms with van der Waals surface area (Å²) in [5.74, 6) is 5.18. The minimum atomic E-state index is -0.532. The van der Waals surface area contributed by atoms with Gasteiger partial charge in [-0.25, -0.2) is 0 Å². The molecule has 0 atom stereocenters. The van der Waals surface area contributed by atoms with E-state index in [1.165, 1.54) is 0 Å². The molecule has 64 valence electrons. The summed E-state index contributed by atoms with van der Waals surface area (Å²) in [6, 6.07) is 4.99. The maximum absolute atomic E-state index is 10.8. The molecule has 12 heavy (non-hydrogen) atoms. The first kappa shape index (κ1) is 9.51. The summed E-state index contributed by atoms with van der Waals surface area (Å²) in [4.78, 5) is 10.8. The van der Waals surface area contributed by atoms with Crippen LogP contribution in [0.5, 0.6) is 0 Å². The van der Waals surface area contributed by atoms with Gasteiger partial charge in [0.25, 0.3) is 5.24 Å². The summed E-state index contributed by atoms with van der Waals surface area (Å²) < 4.78 is 0.831. The van der Waals surface area contributed by atoms with E-state index in [0.29, 0.717) is 11.3 Å². The highest BCUT2D eigenvalue weighted by Gasteiger charge is 2.07. The molecule has 0 radical (unpaired) electrons. The van der Waals surface area contributed by atoms with Gasteiger partial charge in [-0.2, -0.15) is 0 Å². The van der Waals surface area contributed by atoms with Crippen LogP contribution in [-0.4, -0.2) is 5.24 Å². The molecule has 0 aliphatic carbocycles. The molecule has 0 spiro atoms. The Morgan fingerprint density at radius 1 is 1.58 bits per heavy atom. The number of rotatable bonds is 2. The first-order chi connectivity index (χ1) is 5.65. The molecule has 0 fully saturated rings. The normalized spacial score (nSPS) is 9.58. The largest absolute Gasteiger partial charge is 0.323 e. The van der Waals surface area contributed by atoms with Gasteiger partial charge in [-0.3, -0.25) is 10.6 Å². The van der Waals surface area contributed by atoms with E-state index >= 15 is 0 Å². The molecule has 0 unspecified atom stereocenters. The van der Waals surface area contributed by atoms with Crippen LogP contribution in [0.1, 0.15) is 10.4 Å². The maximum Gasteiger partial charge on any atom is 0.254 e. The van der Waals surface area contributed by atoms with Gasteiger partial charge in [0.05, 0.1) is 11.3 Å². The van der Waals surface area contributed by atoms with Crippen molar-refractivity contribution in [2.45, 2.75) is 0 Å². The third kappa shape index (κ3) is 1.97. The first-order valence-corrected chi connectivity index (χ1v) is 4.28. The maximum atomic E-state index is 10.8. The van der Waals surface area contributed by atoms with Crippen LogP contribution in [0.3, 0.4) is 0 Å². The number of carbonyl (C=O) groups excluding carboxylic acids is 1. The van der Waals surface area contributed by atoms with E-state index in [2.05, 4.69) is 21.4 Å². The van der Waals surface area contributed by atoms with Crippen molar-refractivity contribution in [3.63, 3.8) is 0 Å². The van der Waals surface area contributed by atoms with Crippen molar-refractivity contribution in [3.05, 3.63) is 28.2 Å². The number of anilines is 1. The molecule has 0 amide bonds. The van der Waals surface area contributed by atoms with Gasteiger partial charge in [-0.1, -0.05) is 15.9 Å². The van der Waals surface area contributed by atoms with Gasteiger partial charge in [0.15, 0.2) is 0 Å². The Balaban J connectivity index is 3.20. The minimum Gasteiger partial charge on any atom is -0.323 e. The van der Waals surface area contributed by atoms with Gasteiger partial charge >= 0.3 is 0 Å². The van der Waals surface area contributed by atoms with Gasteiger partial charge in [0.1, 0.15) is 0 Å². The number of carbonyl (C=O) groups is 1. The fourth-order valence-electron chi connectivity index (χ4n) is 0.807. The standard InChI is InChI=1S/C7H6BrClN2O/c8-4-1-2-5(7(9)12)6(3-4)11-10/h1-3,11H,10H2. The quantitative estimate of drug-likeness (QED) is 0.479. The lowest BCUT2D eigenvalue weighted by molar-refractivity contribution is 0.108. The number of halogens is 2. The third-order valence-electron chi connectivity index (χ3n) is 1.35. The van der Waals surface area contributed by atoms with Crippen molar-refractivity contribution in [2.24, 2.45) is 5.84 Å². The second kappa shape index (κ2) is 3.89. The molecular weight excluding hydrogens is 243 g/mol. The number of benzene rings is 1. The van der Waals surface area contributed by atoms with E-state index in [0.717, 1.165) is 4.47 Å². The molecule has 5 heteroatoms. The second-order valence-electron chi connectivity index (χ2n) is 2.11. The Hall–Kier alpha value is -0.580. The molecule has 1 aromatic carbocycles. The Labute approximate surface area is 83.0 Å². The summed E-state index contributed by atoms with van der Waals surface area (Å²) in [5, 5.41) is -0.532. The monoisotopic (exact) mass is 248 g/mol. The van der Waals surface area contributed by atoms with Gasteiger partial charge in [0.2, 0.25) is 0 Å². The number of hydrogen-bond donors (Lipinski definition) is 2. The Morgan fingerprint density at radius 2 is 2.25 bits per heavy atom. The topological polar surface area (TPSA) is 55.1 Å². The van der Waals surface area contributed by atoms with Gasteiger partial charge in [-0.15, -0.1) is 0 Å². The van der Waals surface area contributed by atoms with Gasteiger partial charge in [0, 0.05) is 4.47 Å². The van der Waals surface area contributed by atoms with Crippen LogP contribution in [0.4, 0.5) is 5.69 Å². The number of nitrogens with one attached hydrogen (secondary N) is 1. The lowest BCUT2D eigenvalue weighted by Gasteiger charge is -2.04. The van der Waals surface area contributed by atoms with Crippen LogP contribution >= 0.6 is 27.5 Å². The van der Waals surface area contributed by atoms with E-state index in [1.807, 2.05) is 0 Å². The van der Waals surface area contributed by atoms with Crippen molar-refractivity contribution in [2.75, 3.05) is 5.43 Å². The van der Waals surface area contributed by atoms with Crippen LogP contribution in [-0.2, 0) is 0 Å². The smallest absolute Gasteiger partial charge is 0.254 e. The van der Waals surface area contributed by atoms with Crippen LogP contribution in [0.2, 0.25) is 0 Å². The zero-order valence-electron chi connectivity index (χ0n) is 5.97. The molecule has 0 saturated heterocycles. The second-order valence-corrected chi connectivity index (χ2v) is 3.37. The number of nitrogen functional groups attached to an aromatic ring is 1. The number of hydrazine groups is 1. The van der Waals surface area contributed by atoms with Gasteiger partial charge < -0.3 is 5.43 Å². The molecule has 3 nitrogen and oxygen atoms in total. The average Bonchev–Trinajstić information content (AvgIpc) is 2.03. The molecule has 0 saturated carbocycles. The Morgan fingerprint density at radius 3 is 2.75 bits per heavy atom. The minimum absolute atomic E-state index is 0.363. The van der Waals surface area contributed by atoms with E-state index in [4.69, 9.17) is 17.4 Å². The fourth-order valence-corrected chi connectivity index (χ4v) is 1.33. The highest BCUT2D eigenvalue weighted by Crippen LogP contribution is 2.21. The predicted octanol–water partition coefficient (Wildman–Crippen LogP) is 2.11. The molecule has 0 aliphatic rings. The lowest BCUT2D eigenvalue weighted by atomic mass is 10.2. The van der Waals surface area contributed by atoms with E-state index in [9.17, 15) is 4.79 Å². The Bertz CT molecular complexity index is 316. The molecule has 1 rings (SSSR count). The zero-order chi connectivity index (χ0) is 9.14. The van der Waals surface area contributed by atoms with Crippen molar-refractivity contribution < 1.29 is 4.79 Å². The SMILES string of the molecule is NNc1cc(Br)ccc1C(=O)Cl. The van der Waals surface area contributed by atoms with Crippen LogP contribution in [0.15, 0.2) is 22.7 Å². The van der Waals surface area contributed by atoms with E-state index < -0.39 is 5.24 Å². The highest BCUT2D eigenvalue weighted by atomic mass is 79.9. The molecular formula is C7H6BrClN2O.